The number of carbonyl (C=O) groups is 1. The van der Waals surface area contributed by atoms with E-state index in [4.69, 9.17) is 0 Å². The van der Waals surface area contributed by atoms with Gasteiger partial charge in [0.1, 0.15) is 0 Å². The first kappa shape index (κ1) is 16.8. The molecule has 1 aliphatic rings. The van der Waals surface area contributed by atoms with E-state index in [-0.39, 0.29) is 11.4 Å². The van der Waals surface area contributed by atoms with E-state index in [9.17, 15) is 4.79 Å². The summed E-state index contributed by atoms with van der Waals surface area (Å²) in [5.41, 5.74) is 3.80. The average Bonchev–Trinajstić information content (AvgIpc) is 2.40. The third-order valence-electron chi connectivity index (χ3n) is 3.96. The quantitative estimate of drug-likeness (QED) is 0.931. The molecule has 0 spiro atoms. The van der Waals surface area contributed by atoms with Crippen molar-refractivity contribution >= 4 is 11.6 Å². The lowest BCUT2D eigenvalue weighted by Crippen LogP contribution is -2.51. The van der Waals surface area contributed by atoms with Crippen molar-refractivity contribution in [3.8, 4) is 0 Å². The maximum absolute atomic E-state index is 12.0. The molecule has 1 aliphatic heterocycles. The van der Waals surface area contributed by atoms with Crippen molar-refractivity contribution in [2.24, 2.45) is 0 Å². The summed E-state index contributed by atoms with van der Waals surface area (Å²) in [5, 5.41) is 3.03. The number of amides is 1. The third-order valence-corrected chi connectivity index (χ3v) is 3.96. The van der Waals surface area contributed by atoms with Gasteiger partial charge in [-0.1, -0.05) is 12.1 Å². The van der Waals surface area contributed by atoms with Crippen molar-refractivity contribution in [3.63, 3.8) is 0 Å². The summed E-state index contributed by atoms with van der Waals surface area (Å²) in [6.45, 7) is 14.7. The number of piperazine rings is 1. The molecule has 4 nitrogen and oxygen atoms in total. The summed E-state index contributed by atoms with van der Waals surface area (Å²) < 4.78 is 0. The Kier molecular flexibility index (Phi) is 5.12. The molecular formula is C18H29N3O. The minimum atomic E-state index is -0.155. The van der Waals surface area contributed by atoms with E-state index in [2.05, 4.69) is 47.2 Å². The van der Waals surface area contributed by atoms with Crippen LogP contribution < -0.4 is 10.2 Å². The van der Waals surface area contributed by atoms with Crippen LogP contribution in [0.2, 0.25) is 0 Å². The first-order valence-corrected chi connectivity index (χ1v) is 8.10. The number of aryl methyl sites for hydroxylation is 2. The lowest BCUT2D eigenvalue weighted by Gasteiger charge is -2.37. The largest absolute Gasteiger partial charge is 0.369 e. The van der Waals surface area contributed by atoms with Gasteiger partial charge in [0, 0.05) is 37.4 Å². The highest BCUT2D eigenvalue weighted by atomic mass is 16.2. The fourth-order valence-corrected chi connectivity index (χ4v) is 2.87. The van der Waals surface area contributed by atoms with Crippen LogP contribution in [0.25, 0.3) is 0 Å². The van der Waals surface area contributed by atoms with E-state index in [1.807, 2.05) is 20.8 Å². The van der Waals surface area contributed by atoms with Gasteiger partial charge in [-0.15, -0.1) is 0 Å². The fourth-order valence-electron chi connectivity index (χ4n) is 2.87. The van der Waals surface area contributed by atoms with Crippen LogP contribution in [-0.2, 0) is 4.79 Å². The molecule has 1 aromatic rings. The van der Waals surface area contributed by atoms with Gasteiger partial charge in [0.2, 0.25) is 5.91 Å². The fraction of sp³-hybridized carbons (Fsp3) is 0.611. The number of nitrogens with one attached hydrogen (secondary N) is 1. The molecule has 2 rings (SSSR count). The van der Waals surface area contributed by atoms with Crippen molar-refractivity contribution in [2.45, 2.75) is 40.2 Å². The predicted molar refractivity (Wildman–Crippen MR) is 92.5 cm³/mol. The molecule has 122 valence electrons. The smallest absolute Gasteiger partial charge is 0.234 e. The number of rotatable bonds is 3. The number of carbonyl (C=O) groups excluding carboxylic acids is 1. The number of hydrogen-bond donors (Lipinski definition) is 1. The van der Waals surface area contributed by atoms with E-state index < -0.39 is 0 Å². The molecule has 0 saturated carbocycles. The van der Waals surface area contributed by atoms with E-state index >= 15 is 0 Å². The second kappa shape index (κ2) is 6.69. The molecule has 1 N–H and O–H groups in total. The van der Waals surface area contributed by atoms with Crippen LogP contribution >= 0.6 is 0 Å². The van der Waals surface area contributed by atoms with Gasteiger partial charge in [-0.05, 0) is 51.8 Å². The standard InChI is InChI=1S/C18H29N3O/c1-14-6-7-15(2)16(12-14)21-10-8-20(9-11-21)13-17(22)19-18(3,4)5/h6-7,12H,8-11,13H2,1-5H3,(H,19,22). The van der Waals surface area contributed by atoms with E-state index in [1.54, 1.807) is 0 Å². The lowest BCUT2D eigenvalue weighted by molar-refractivity contribution is -0.123. The minimum absolute atomic E-state index is 0.118. The lowest BCUT2D eigenvalue weighted by atomic mass is 10.1. The normalized spacial score (nSPS) is 16.7. The van der Waals surface area contributed by atoms with Gasteiger partial charge in [-0.3, -0.25) is 9.69 Å². The second-order valence-corrected chi connectivity index (χ2v) is 7.35. The summed E-state index contributed by atoms with van der Waals surface area (Å²) in [6, 6.07) is 6.61. The Morgan fingerprint density at radius 1 is 1.14 bits per heavy atom. The summed E-state index contributed by atoms with van der Waals surface area (Å²) in [4.78, 5) is 16.7. The van der Waals surface area contributed by atoms with E-state index in [1.165, 1.54) is 16.8 Å². The molecule has 1 amide bonds. The maximum atomic E-state index is 12.0. The van der Waals surface area contributed by atoms with Crippen LogP contribution in [0.4, 0.5) is 5.69 Å². The molecule has 1 aromatic carbocycles. The first-order valence-electron chi connectivity index (χ1n) is 8.10. The first-order chi connectivity index (χ1) is 10.2. The van der Waals surface area contributed by atoms with Gasteiger partial charge in [-0.25, -0.2) is 0 Å². The van der Waals surface area contributed by atoms with Crippen molar-refractivity contribution in [1.29, 1.82) is 0 Å². The average molecular weight is 303 g/mol. The zero-order valence-electron chi connectivity index (χ0n) is 14.6. The van der Waals surface area contributed by atoms with Gasteiger partial charge >= 0.3 is 0 Å². The Hall–Kier alpha value is -1.55. The molecule has 1 heterocycles. The molecule has 0 unspecified atom stereocenters. The SMILES string of the molecule is Cc1ccc(C)c(N2CCN(CC(=O)NC(C)(C)C)CC2)c1. The molecular weight excluding hydrogens is 274 g/mol. The van der Waals surface area contributed by atoms with Gasteiger partial charge in [0.25, 0.3) is 0 Å². The zero-order valence-corrected chi connectivity index (χ0v) is 14.6. The second-order valence-electron chi connectivity index (χ2n) is 7.35. The van der Waals surface area contributed by atoms with Crippen LogP contribution in [-0.4, -0.2) is 49.1 Å². The number of anilines is 1. The Morgan fingerprint density at radius 3 is 2.36 bits per heavy atom. The summed E-state index contributed by atoms with van der Waals surface area (Å²) in [7, 11) is 0. The van der Waals surface area contributed by atoms with Crippen LogP contribution in [0, 0.1) is 13.8 Å². The Balaban J connectivity index is 1.88. The number of benzene rings is 1. The van der Waals surface area contributed by atoms with Crippen LogP contribution in [0.15, 0.2) is 18.2 Å². The molecule has 0 atom stereocenters. The van der Waals surface area contributed by atoms with Crippen LogP contribution in [0.3, 0.4) is 0 Å². The number of hydrogen-bond acceptors (Lipinski definition) is 3. The molecule has 22 heavy (non-hydrogen) atoms. The van der Waals surface area contributed by atoms with Crippen LogP contribution in [0.1, 0.15) is 31.9 Å². The third kappa shape index (κ3) is 4.73. The highest BCUT2D eigenvalue weighted by Gasteiger charge is 2.21. The van der Waals surface area contributed by atoms with Gasteiger partial charge < -0.3 is 10.2 Å². The highest BCUT2D eigenvalue weighted by Crippen LogP contribution is 2.22. The topological polar surface area (TPSA) is 35.6 Å². The van der Waals surface area contributed by atoms with Gasteiger partial charge in [-0.2, -0.15) is 0 Å². The van der Waals surface area contributed by atoms with E-state index in [0.717, 1.165) is 26.2 Å². The van der Waals surface area contributed by atoms with E-state index in [0.29, 0.717) is 6.54 Å². The predicted octanol–water partition coefficient (Wildman–Crippen LogP) is 2.34. The molecule has 0 radical (unpaired) electrons. The monoisotopic (exact) mass is 303 g/mol. The molecule has 0 bridgehead atoms. The van der Waals surface area contributed by atoms with Crippen molar-refractivity contribution in [3.05, 3.63) is 29.3 Å². The Bertz CT molecular complexity index is 526. The van der Waals surface area contributed by atoms with Crippen molar-refractivity contribution in [1.82, 2.24) is 10.2 Å². The Morgan fingerprint density at radius 2 is 1.77 bits per heavy atom. The van der Waals surface area contributed by atoms with Gasteiger partial charge in [0.15, 0.2) is 0 Å². The minimum Gasteiger partial charge on any atom is -0.369 e. The van der Waals surface area contributed by atoms with Crippen molar-refractivity contribution < 1.29 is 4.79 Å². The molecule has 4 heteroatoms. The molecule has 0 aromatic heterocycles. The molecule has 1 fully saturated rings. The summed E-state index contributed by atoms with van der Waals surface area (Å²) in [6.07, 6.45) is 0. The highest BCUT2D eigenvalue weighted by molar-refractivity contribution is 5.78. The van der Waals surface area contributed by atoms with Crippen LogP contribution in [0.5, 0.6) is 0 Å². The summed E-state index contributed by atoms with van der Waals surface area (Å²) in [5.74, 6) is 0.118. The number of nitrogens with zero attached hydrogens (tertiary/aromatic N) is 2. The van der Waals surface area contributed by atoms with Gasteiger partial charge in [0.05, 0.1) is 6.54 Å². The summed E-state index contributed by atoms with van der Waals surface area (Å²) >= 11 is 0. The molecule has 0 aliphatic carbocycles. The molecule has 1 saturated heterocycles. The maximum Gasteiger partial charge on any atom is 0.234 e. The van der Waals surface area contributed by atoms with Crippen molar-refractivity contribution in [2.75, 3.05) is 37.6 Å². The zero-order chi connectivity index (χ0) is 16.3. The Labute approximate surface area is 134 Å².